The van der Waals surface area contributed by atoms with Gasteiger partial charge in [0.1, 0.15) is 0 Å². The minimum Gasteiger partial charge on any atom is -0.388 e. The van der Waals surface area contributed by atoms with E-state index in [0.29, 0.717) is 12.0 Å². The van der Waals surface area contributed by atoms with Gasteiger partial charge in [-0.1, -0.05) is 13.8 Å². The third-order valence-corrected chi connectivity index (χ3v) is 5.27. The molecular formula is C16H30N2O2. The first kappa shape index (κ1) is 15.8. The quantitative estimate of drug-likeness (QED) is 0.740. The molecule has 0 atom stereocenters. The molecule has 0 aromatic rings. The van der Waals surface area contributed by atoms with Crippen molar-refractivity contribution in [3.05, 3.63) is 0 Å². The van der Waals surface area contributed by atoms with Gasteiger partial charge in [0.2, 0.25) is 5.91 Å². The molecule has 0 unspecified atom stereocenters. The van der Waals surface area contributed by atoms with E-state index in [0.717, 1.165) is 51.4 Å². The van der Waals surface area contributed by atoms with Crippen molar-refractivity contribution < 1.29 is 9.90 Å². The van der Waals surface area contributed by atoms with Crippen LogP contribution in [0.5, 0.6) is 0 Å². The fourth-order valence-corrected chi connectivity index (χ4v) is 3.35. The van der Waals surface area contributed by atoms with Crippen molar-refractivity contribution in [1.82, 2.24) is 5.32 Å². The smallest absolute Gasteiger partial charge is 0.223 e. The first-order chi connectivity index (χ1) is 9.30. The number of carbonyl (C=O) groups excluding carboxylic acids is 1. The first-order valence-electron chi connectivity index (χ1n) is 8.05. The molecule has 2 aliphatic carbocycles. The highest BCUT2D eigenvalue weighted by molar-refractivity contribution is 5.78. The van der Waals surface area contributed by atoms with Gasteiger partial charge in [0.15, 0.2) is 0 Å². The molecule has 1 amide bonds. The zero-order valence-electron chi connectivity index (χ0n) is 13.0. The fourth-order valence-electron chi connectivity index (χ4n) is 3.35. The summed E-state index contributed by atoms with van der Waals surface area (Å²) >= 11 is 0. The topological polar surface area (TPSA) is 75.3 Å². The second kappa shape index (κ2) is 6.02. The number of nitrogens with two attached hydrogens (primary N) is 1. The van der Waals surface area contributed by atoms with Gasteiger partial charge in [-0.3, -0.25) is 4.79 Å². The van der Waals surface area contributed by atoms with Crippen LogP contribution in [0.3, 0.4) is 0 Å². The van der Waals surface area contributed by atoms with Gasteiger partial charge in [0.25, 0.3) is 0 Å². The molecule has 4 heteroatoms. The van der Waals surface area contributed by atoms with Crippen LogP contribution < -0.4 is 11.1 Å². The molecule has 4 nitrogen and oxygen atoms in total. The summed E-state index contributed by atoms with van der Waals surface area (Å²) in [6, 6.07) is 0.267. The number of rotatable bonds is 3. The summed E-state index contributed by atoms with van der Waals surface area (Å²) in [4.78, 5) is 12.2. The zero-order chi connectivity index (χ0) is 14.8. The molecule has 0 heterocycles. The highest BCUT2D eigenvalue weighted by Gasteiger charge is 2.37. The minimum atomic E-state index is -0.698. The van der Waals surface area contributed by atoms with Crippen molar-refractivity contribution in [3.8, 4) is 0 Å². The van der Waals surface area contributed by atoms with Crippen molar-refractivity contribution in [1.29, 1.82) is 0 Å². The molecule has 2 rings (SSSR count). The third kappa shape index (κ3) is 4.19. The van der Waals surface area contributed by atoms with E-state index in [1.54, 1.807) is 0 Å². The molecule has 0 radical (unpaired) electrons. The number of amides is 1. The lowest BCUT2D eigenvalue weighted by Gasteiger charge is -2.40. The maximum atomic E-state index is 12.2. The molecule has 2 fully saturated rings. The van der Waals surface area contributed by atoms with Gasteiger partial charge in [0.05, 0.1) is 5.60 Å². The summed E-state index contributed by atoms with van der Waals surface area (Å²) in [5.41, 5.74) is 5.49. The standard InChI is InChI=1S/C16H30N2O2/c1-15(2)7-9-16(20,10-8-15)11-18-14(19)12-3-5-13(17)6-4-12/h12-13,20H,3-11,17H2,1-2H3,(H,18,19). The van der Waals surface area contributed by atoms with Crippen molar-refractivity contribution >= 4 is 5.91 Å². The number of aliphatic hydroxyl groups is 1. The molecule has 4 N–H and O–H groups in total. The Bertz CT molecular complexity index is 336. The van der Waals surface area contributed by atoms with Crippen LogP contribution in [0.25, 0.3) is 0 Å². The second-order valence-electron chi connectivity index (χ2n) is 7.72. The van der Waals surface area contributed by atoms with Gasteiger partial charge < -0.3 is 16.2 Å². The van der Waals surface area contributed by atoms with E-state index in [2.05, 4.69) is 19.2 Å². The number of nitrogens with one attached hydrogen (secondary N) is 1. The van der Waals surface area contributed by atoms with Crippen LogP contribution >= 0.6 is 0 Å². The van der Waals surface area contributed by atoms with E-state index in [1.807, 2.05) is 0 Å². The van der Waals surface area contributed by atoms with Crippen LogP contribution in [0.1, 0.15) is 65.2 Å². The number of hydrogen-bond donors (Lipinski definition) is 3. The van der Waals surface area contributed by atoms with E-state index in [9.17, 15) is 9.90 Å². The van der Waals surface area contributed by atoms with Gasteiger partial charge in [-0.2, -0.15) is 0 Å². The van der Waals surface area contributed by atoms with Crippen LogP contribution in [0.2, 0.25) is 0 Å². The summed E-state index contributed by atoms with van der Waals surface area (Å²) in [5.74, 6) is 0.202. The van der Waals surface area contributed by atoms with Crippen LogP contribution in [-0.2, 0) is 4.79 Å². The molecule has 20 heavy (non-hydrogen) atoms. The van der Waals surface area contributed by atoms with Gasteiger partial charge in [-0.05, 0) is 56.8 Å². The van der Waals surface area contributed by atoms with Gasteiger partial charge in [-0.15, -0.1) is 0 Å². The molecule has 0 aliphatic heterocycles. The Morgan fingerprint density at radius 2 is 1.70 bits per heavy atom. The van der Waals surface area contributed by atoms with Gasteiger partial charge in [0, 0.05) is 18.5 Å². The lowest BCUT2D eigenvalue weighted by molar-refractivity contribution is -0.128. The first-order valence-corrected chi connectivity index (χ1v) is 8.05. The summed E-state index contributed by atoms with van der Waals surface area (Å²) in [7, 11) is 0. The van der Waals surface area contributed by atoms with E-state index in [1.165, 1.54) is 0 Å². The monoisotopic (exact) mass is 282 g/mol. The van der Waals surface area contributed by atoms with Crippen molar-refractivity contribution in [2.45, 2.75) is 76.9 Å². The fraction of sp³-hybridized carbons (Fsp3) is 0.938. The predicted octanol–water partition coefficient (Wildman–Crippen LogP) is 1.95. The molecule has 0 aromatic carbocycles. The lowest BCUT2D eigenvalue weighted by atomic mass is 9.71. The van der Waals surface area contributed by atoms with Crippen LogP contribution in [0.15, 0.2) is 0 Å². The van der Waals surface area contributed by atoms with Crippen LogP contribution in [0.4, 0.5) is 0 Å². The maximum absolute atomic E-state index is 12.2. The van der Waals surface area contributed by atoms with E-state index >= 15 is 0 Å². The van der Waals surface area contributed by atoms with E-state index in [-0.39, 0.29) is 17.9 Å². The Balaban J connectivity index is 1.76. The number of hydrogen-bond acceptors (Lipinski definition) is 3. The molecular weight excluding hydrogens is 252 g/mol. The molecule has 0 saturated heterocycles. The van der Waals surface area contributed by atoms with Crippen molar-refractivity contribution in [2.24, 2.45) is 17.1 Å². The van der Waals surface area contributed by atoms with Crippen molar-refractivity contribution in [3.63, 3.8) is 0 Å². The highest BCUT2D eigenvalue weighted by atomic mass is 16.3. The normalized spacial score (nSPS) is 32.6. The Kier molecular flexibility index (Phi) is 4.75. The summed E-state index contributed by atoms with van der Waals surface area (Å²) < 4.78 is 0. The zero-order valence-corrected chi connectivity index (χ0v) is 13.0. The molecule has 0 spiro atoms. The number of carbonyl (C=O) groups is 1. The average Bonchev–Trinajstić information content (AvgIpc) is 2.41. The Labute approximate surface area is 122 Å². The maximum Gasteiger partial charge on any atom is 0.223 e. The molecule has 2 aliphatic rings. The molecule has 0 aromatic heterocycles. The van der Waals surface area contributed by atoms with Crippen molar-refractivity contribution in [2.75, 3.05) is 6.54 Å². The van der Waals surface area contributed by atoms with Gasteiger partial charge in [-0.25, -0.2) is 0 Å². The van der Waals surface area contributed by atoms with E-state index < -0.39 is 5.60 Å². The summed E-state index contributed by atoms with van der Waals surface area (Å²) in [6.07, 6.45) is 7.28. The Morgan fingerprint density at radius 3 is 2.25 bits per heavy atom. The molecule has 2 saturated carbocycles. The SMILES string of the molecule is CC1(C)CCC(O)(CNC(=O)C2CCC(N)CC2)CC1. The Hall–Kier alpha value is -0.610. The van der Waals surface area contributed by atoms with Gasteiger partial charge >= 0.3 is 0 Å². The third-order valence-electron chi connectivity index (χ3n) is 5.27. The Morgan fingerprint density at radius 1 is 1.15 bits per heavy atom. The highest BCUT2D eigenvalue weighted by Crippen LogP contribution is 2.39. The largest absolute Gasteiger partial charge is 0.388 e. The molecule has 116 valence electrons. The average molecular weight is 282 g/mol. The minimum absolute atomic E-state index is 0.0958. The second-order valence-corrected chi connectivity index (χ2v) is 7.72. The van der Waals surface area contributed by atoms with Crippen LogP contribution in [0, 0.1) is 11.3 Å². The molecule has 0 bridgehead atoms. The van der Waals surface area contributed by atoms with E-state index in [4.69, 9.17) is 5.73 Å². The summed E-state index contributed by atoms with van der Waals surface area (Å²) in [5, 5.41) is 13.5. The predicted molar refractivity (Wildman–Crippen MR) is 80.1 cm³/mol. The van der Waals surface area contributed by atoms with Crippen LogP contribution in [-0.4, -0.2) is 29.2 Å². The summed E-state index contributed by atoms with van der Waals surface area (Å²) in [6.45, 7) is 4.90. The lowest BCUT2D eigenvalue weighted by Crippen LogP contribution is -2.48.